The van der Waals surface area contributed by atoms with Gasteiger partial charge in [-0.05, 0) is 49.8 Å². The van der Waals surface area contributed by atoms with Crippen molar-refractivity contribution in [1.29, 1.82) is 0 Å². The number of carbonyl (C=O) groups is 2. The predicted octanol–water partition coefficient (Wildman–Crippen LogP) is 5.87. The van der Waals surface area contributed by atoms with Gasteiger partial charge in [-0.15, -0.1) is 11.3 Å². The van der Waals surface area contributed by atoms with E-state index in [1.807, 2.05) is 24.3 Å². The van der Waals surface area contributed by atoms with E-state index >= 15 is 0 Å². The molecule has 158 valence electrons. The Morgan fingerprint density at radius 1 is 1.14 bits per heavy atom. The zero-order chi connectivity index (χ0) is 21.6. The second-order valence-electron chi connectivity index (χ2n) is 8.34. The van der Waals surface area contributed by atoms with Gasteiger partial charge in [-0.1, -0.05) is 45.9 Å². The molecule has 0 saturated heterocycles. The lowest BCUT2D eigenvalue weighted by atomic mass is 9.85. The molecule has 29 heavy (non-hydrogen) atoms. The van der Waals surface area contributed by atoms with E-state index < -0.39 is 12.1 Å². The van der Waals surface area contributed by atoms with Crippen molar-refractivity contribution in [3.8, 4) is 5.75 Å². The molecule has 6 heteroatoms. The van der Waals surface area contributed by atoms with Crippen molar-refractivity contribution in [1.82, 2.24) is 0 Å². The number of hydrogen-bond acceptors (Lipinski definition) is 5. The third-order valence-electron chi connectivity index (χ3n) is 4.31. The summed E-state index contributed by atoms with van der Waals surface area (Å²) in [6, 6.07) is 11.0. The summed E-state index contributed by atoms with van der Waals surface area (Å²) in [7, 11) is 0. The van der Waals surface area contributed by atoms with Gasteiger partial charge in [0.05, 0.1) is 12.2 Å². The highest BCUT2D eigenvalue weighted by molar-refractivity contribution is 7.16. The van der Waals surface area contributed by atoms with Gasteiger partial charge in [0, 0.05) is 4.88 Å². The van der Waals surface area contributed by atoms with E-state index in [2.05, 4.69) is 33.0 Å². The van der Waals surface area contributed by atoms with E-state index in [1.165, 1.54) is 11.3 Å². The molecule has 0 saturated carbocycles. The predicted molar refractivity (Wildman–Crippen MR) is 118 cm³/mol. The minimum atomic E-state index is -0.704. The van der Waals surface area contributed by atoms with Crippen molar-refractivity contribution >= 4 is 28.2 Å². The Kier molecular flexibility index (Phi) is 7.85. The minimum Gasteiger partial charge on any atom is -0.481 e. The summed E-state index contributed by atoms with van der Waals surface area (Å²) in [5, 5.41) is 3.37. The Labute approximate surface area is 177 Å². The second kappa shape index (κ2) is 9.92. The number of para-hydroxylation sites is 1. The van der Waals surface area contributed by atoms with Gasteiger partial charge in [-0.25, -0.2) is 4.79 Å². The first-order valence-corrected chi connectivity index (χ1v) is 10.8. The highest BCUT2D eigenvalue weighted by atomic mass is 32.1. The molecule has 0 bridgehead atoms. The smallest absolute Gasteiger partial charge is 0.341 e. The lowest BCUT2D eigenvalue weighted by molar-refractivity contribution is -0.122. The molecule has 1 N–H and O–H groups in total. The van der Waals surface area contributed by atoms with Gasteiger partial charge in [0.1, 0.15) is 10.8 Å². The van der Waals surface area contributed by atoms with Crippen LogP contribution in [0, 0.1) is 5.41 Å². The topological polar surface area (TPSA) is 64.6 Å². The van der Waals surface area contributed by atoms with Crippen molar-refractivity contribution in [2.45, 2.75) is 60.0 Å². The van der Waals surface area contributed by atoms with Crippen molar-refractivity contribution in [3.05, 3.63) is 46.8 Å². The van der Waals surface area contributed by atoms with Crippen LogP contribution in [-0.2, 0) is 9.53 Å². The van der Waals surface area contributed by atoms with Crippen molar-refractivity contribution in [2.24, 2.45) is 5.41 Å². The molecule has 1 amide bonds. The number of hydrogen-bond donors (Lipinski definition) is 1. The van der Waals surface area contributed by atoms with E-state index in [1.54, 1.807) is 26.0 Å². The Morgan fingerprint density at radius 2 is 1.79 bits per heavy atom. The first kappa shape index (κ1) is 22.9. The van der Waals surface area contributed by atoms with E-state index in [9.17, 15) is 9.59 Å². The van der Waals surface area contributed by atoms with E-state index in [0.717, 1.165) is 11.3 Å². The third kappa shape index (κ3) is 6.89. The fraction of sp³-hybridized carbons (Fsp3) is 0.478. The molecule has 1 aromatic heterocycles. The zero-order valence-corrected chi connectivity index (χ0v) is 18.9. The summed E-state index contributed by atoms with van der Waals surface area (Å²) in [6.07, 6.45) is 0.265. The van der Waals surface area contributed by atoms with E-state index in [0.29, 0.717) is 16.3 Å². The number of rotatable bonds is 8. The maximum absolute atomic E-state index is 12.7. The van der Waals surface area contributed by atoms with Crippen LogP contribution >= 0.6 is 11.3 Å². The van der Waals surface area contributed by atoms with Crippen LogP contribution in [0.1, 0.15) is 69.1 Å². The van der Waals surface area contributed by atoms with Gasteiger partial charge >= 0.3 is 5.97 Å². The van der Waals surface area contributed by atoms with Crippen LogP contribution in [0.15, 0.2) is 36.4 Å². The van der Waals surface area contributed by atoms with Crippen LogP contribution in [0.25, 0.3) is 0 Å². The molecule has 0 fully saturated rings. The summed E-state index contributed by atoms with van der Waals surface area (Å²) in [4.78, 5) is 26.2. The molecule has 2 aromatic rings. The number of esters is 1. The fourth-order valence-corrected chi connectivity index (χ4v) is 4.20. The van der Waals surface area contributed by atoms with Crippen LogP contribution in [0.4, 0.5) is 5.00 Å². The Hall–Kier alpha value is -2.34. The monoisotopic (exact) mass is 417 g/mol. The fourth-order valence-electron chi connectivity index (χ4n) is 3.10. The SMILES string of the molecule is CCOC(=O)c1cc([C@H](C)CC(C)(C)C)sc1NC(=O)[C@@H](C)Oc1ccccc1. The first-order valence-electron chi connectivity index (χ1n) is 9.94. The highest BCUT2D eigenvalue weighted by Gasteiger charge is 2.25. The van der Waals surface area contributed by atoms with Gasteiger partial charge in [-0.2, -0.15) is 0 Å². The number of amides is 1. The number of thiophene rings is 1. The second-order valence-corrected chi connectivity index (χ2v) is 9.42. The molecule has 2 atom stereocenters. The molecule has 0 unspecified atom stereocenters. The maximum atomic E-state index is 12.7. The van der Waals surface area contributed by atoms with Gasteiger partial charge in [0.15, 0.2) is 6.10 Å². The quantitative estimate of drug-likeness (QED) is 0.546. The zero-order valence-electron chi connectivity index (χ0n) is 18.1. The first-order chi connectivity index (χ1) is 13.6. The molecular formula is C23H31NO4S. The van der Waals surface area contributed by atoms with Crippen LogP contribution in [0.5, 0.6) is 5.75 Å². The summed E-state index contributed by atoms with van der Waals surface area (Å²) >= 11 is 1.43. The summed E-state index contributed by atoms with van der Waals surface area (Å²) in [6.45, 7) is 12.4. The summed E-state index contributed by atoms with van der Waals surface area (Å²) in [5.74, 6) is 0.143. The largest absolute Gasteiger partial charge is 0.481 e. The Balaban J connectivity index is 2.20. The standard InChI is InChI=1S/C23H31NO4S/c1-7-27-22(26)18-13-19(15(2)14-23(4,5)6)29-21(18)24-20(25)16(3)28-17-11-9-8-10-12-17/h8-13,15-16H,7,14H2,1-6H3,(H,24,25)/t15-,16-/m1/s1. The Morgan fingerprint density at radius 3 is 2.38 bits per heavy atom. The van der Waals surface area contributed by atoms with Crippen molar-refractivity contribution < 1.29 is 19.1 Å². The number of benzene rings is 1. The van der Waals surface area contributed by atoms with Crippen molar-refractivity contribution in [2.75, 3.05) is 11.9 Å². The van der Waals surface area contributed by atoms with Crippen LogP contribution in [0.3, 0.4) is 0 Å². The van der Waals surface area contributed by atoms with Crippen molar-refractivity contribution in [3.63, 3.8) is 0 Å². The van der Waals surface area contributed by atoms with Crippen LogP contribution in [-0.4, -0.2) is 24.6 Å². The average Bonchev–Trinajstić information content (AvgIpc) is 3.05. The molecule has 0 aliphatic carbocycles. The molecule has 0 radical (unpaired) electrons. The molecule has 1 heterocycles. The number of carbonyl (C=O) groups excluding carboxylic acids is 2. The lowest BCUT2D eigenvalue weighted by Crippen LogP contribution is -2.30. The normalized spacial score (nSPS) is 13.4. The van der Waals surface area contributed by atoms with Gasteiger partial charge in [-0.3, -0.25) is 4.79 Å². The summed E-state index contributed by atoms with van der Waals surface area (Å²) in [5.41, 5.74) is 0.558. The summed E-state index contributed by atoms with van der Waals surface area (Å²) < 4.78 is 10.9. The molecule has 0 aliphatic rings. The third-order valence-corrected chi connectivity index (χ3v) is 5.59. The number of nitrogens with one attached hydrogen (secondary N) is 1. The molecule has 0 spiro atoms. The minimum absolute atomic E-state index is 0.162. The van der Waals surface area contributed by atoms with Crippen LogP contribution in [0.2, 0.25) is 0 Å². The van der Waals surface area contributed by atoms with Gasteiger partial charge in [0.25, 0.3) is 5.91 Å². The molecule has 2 rings (SSSR count). The average molecular weight is 418 g/mol. The van der Waals surface area contributed by atoms with Crippen LogP contribution < -0.4 is 10.1 Å². The Bertz CT molecular complexity index is 823. The lowest BCUT2D eigenvalue weighted by Gasteiger charge is -2.22. The van der Waals surface area contributed by atoms with E-state index in [4.69, 9.17) is 9.47 Å². The molecule has 5 nitrogen and oxygen atoms in total. The molecule has 1 aromatic carbocycles. The van der Waals surface area contributed by atoms with E-state index in [-0.39, 0.29) is 23.8 Å². The highest BCUT2D eigenvalue weighted by Crippen LogP contribution is 2.38. The molecule has 0 aliphatic heterocycles. The van der Waals surface area contributed by atoms with Gasteiger partial charge < -0.3 is 14.8 Å². The molecular weight excluding hydrogens is 386 g/mol. The number of anilines is 1. The number of ether oxygens (including phenoxy) is 2. The maximum Gasteiger partial charge on any atom is 0.341 e. The van der Waals surface area contributed by atoms with Gasteiger partial charge in [0.2, 0.25) is 0 Å².